The van der Waals surface area contributed by atoms with Crippen LogP contribution in [0.3, 0.4) is 0 Å². The molecule has 2 aromatic rings. The number of hydrogen-bond acceptors (Lipinski definition) is 4. The van der Waals surface area contributed by atoms with E-state index in [-0.39, 0.29) is 12.3 Å². The number of aromatic nitrogens is 2. The van der Waals surface area contributed by atoms with Gasteiger partial charge in [-0.1, -0.05) is 0 Å². The van der Waals surface area contributed by atoms with Gasteiger partial charge in [0.25, 0.3) is 10.2 Å². The largest absolute Gasteiger partial charge is 0.346 e. The van der Waals surface area contributed by atoms with E-state index in [1.807, 2.05) is 12.1 Å². The number of piperazine rings is 1. The van der Waals surface area contributed by atoms with Crippen LogP contribution in [0.25, 0.3) is 11.0 Å². The maximum absolute atomic E-state index is 12.4. The summed E-state index contributed by atoms with van der Waals surface area (Å²) in [5, 5.41) is 0.942. The van der Waals surface area contributed by atoms with Crippen LogP contribution in [0.2, 0.25) is 0 Å². The standard InChI is InChI=1S/C14H19N5O3S/c1-15-23(21,22)19-7-5-18(6-8-19)13(20)9-11-10-17-14-12(11)3-2-4-16-14/h2-4,10,15H,5-9H2,1H3,(H,16,17). The van der Waals surface area contributed by atoms with Gasteiger partial charge in [0.05, 0.1) is 6.42 Å². The summed E-state index contributed by atoms with van der Waals surface area (Å²) in [6, 6.07) is 3.77. The summed E-state index contributed by atoms with van der Waals surface area (Å²) in [4.78, 5) is 21.4. The molecule has 0 atom stereocenters. The van der Waals surface area contributed by atoms with E-state index in [9.17, 15) is 13.2 Å². The van der Waals surface area contributed by atoms with Crippen molar-refractivity contribution in [1.82, 2.24) is 23.9 Å². The van der Waals surface area contributed by atoms with Crippen LogP contribution in [0.5, 0.6) is 0 Å². The van der Waals surface area contributed by atoms with Crippen molar-refractivity contribution < 1.29 is 13.2 Å². The van der Waals surface area contributed by atoms with Gasteiger partial charge >= 0.3 is 0 Å². The van der Waals surface area contributed by atoms with Crippen LogP contribution in [-0.2, 0) is 21.4 Å². The highest BCUT2D eigenvalue weighted by Crippen LogP contribution is 2.17. The van der Waals surface area contributed by atoms with E-state index < -0.39 is 10.2 Å². The number of aromatic amines is 1. The van der Waals surface area contributed by atoms with Crippen LogP contribution in [0, 0.1) is 0 Å². The molecule has 0 aliphatic carbocycles. The molecule has 124 valence electrons. The minimum atomic E-state index is -3.42. The van der Waals surface area contributed by atoms with Crippen molar-refractivity contribution in [3.8, 4) is 0 Å². The average molecular weight is 337 g/mol. The quantitative estimate of drug-likeness (QED) is 0.801. The third-order valence-electron chi connectivity index (χ3n) is 4.07. The molecule has 1 amide bonds. The van der Waals surface area contributed by atoms with E-state index in [4.69, 9.17) is 0 Å². The summed E-state index contributed by atoms with van der Waals surface area (Å²) in [5.41, 5.74) is 1.67. The highest BCUT2D eigenvalue weighted by atomic mass is 32.2. The first kappa shape index (κ1) is 15.9. The van der Waals surface area contributed by atoms with Gasteiger partial charge in [0.15, 0.2) is 0 Å². The molecule has 2 aromatic heterocycles. The lowest BCUT2D eigenvalue weighted by molar-refractivity contribution is -0.131. The molecule has 1 aliphatic heterocycles. The molecule has 3 heterocycles. The molecule has 23 heavy (non-hydrogen) atoms. The van der Waals surface area contributed by atoms with Gasteiger partial charge in [-0.15, -0.1) is 0 Å². The first-order valence-electron chi connectivity index (χ1n) is 7.38. The highest BCUT2D eigenvalue weighted by Gasteiger charge is 2.27. The number of nitrogens with one attached hydrogen (secondary N) is 2. The highest BCUT2D eigenvalue weighted by molar-refractivity contribution is 7.87. The van der Waals surface area contributed by atoms with Crippen molar-refractivity contribution in [2.75, 3.05) is 33.2 Å². The molecule has 0 spiro atoms. The van der Waals surface area contributed by atoms with Crippen molar-refractivity contribution in [1.29, 1.82) is 0 Å². The Balaban J connectivity index is 1.64. The predicted octanol–water partition coefficient (Wildman–Crippen LogP) is -0.286. The van der Waals surface area contributed by atoms with E-state index in [0.717, 1.165) is 16.6 Å². The lowest BCUT2D eigenvalue weighted by Crippen LogP contribution is -2.53. The number of carbonyl (C=O) groups excluding carboxylic acids is 1. The zero-order valence-corrected chi connectivity index (χ0v) is 13.6. The Morgan fingerprint density at radius 1 is 1.35 bits per heavy atom. The zero-order valence-electron chi connectivity index (χ0n) is 12.8. The van der Waals surface area contributed by atoms with Crippen molar-refractivity contribution in [2.45, 2.75) is 6.42 Å². The Labute approximate surface area is 134 Å². The summed E-state index contributed by atoms with van der Waals surface area (Å²) >= 11 is 0. The predicted molar refractivity (Wildman–Crippen MR) is 85.9 cm³/mol. The van der Waals surface area contributed by atoms with Gasteiger partial charge < -0.3 is 9.88 Å². The van der Waals surface area contributed by atoms with Crippen LogP contribution in [0.4, 0.5) is 0 Å². The van der Waals surface area contributed by atoms with Crippen LogP contribution >= 0.6 is 0 Å². The van der Waals surface area contributed by atoms with E-state index in [1.165, 1.54) is 11.4 Å². The minimum Gasteiger partial charge on any atom is -0.346 e. The van der Waals surface area contributed by atoms with Gasteiger partial charge in [-0.3, -0.25) is 4.79 Å². The van der Waals surface area contributed by atoms with Crippen LogP contribution < -0.4 is 4.72 Å². The Bertz CT molecular complexity index is 809. The van der Waals surface area contributed by atoms with E-state index >= 15 is 0 Å². The van der Waals surface area contributed by atoms with Crippen molar-refractivity contribution >= 4 is 27.1 Å². The normalized spacial score (nSPS) is 16.8. The van der Waals surface area contributed by atoms with Crippen molar-refractivity contribution in [2.24, 2.45) is 0 Å². The number of H-pyrrole nitrogens is 1. The van der Waals surface area contributed by atoms with Gasteiger partial charge in [0, 0.05) is 51.0 Å². The maximum Gasteiger partial charge on any atom is 0.279 e. The lowest BCUT2D eigenvalue weighted by Gasteiger charge is -2.33. The summed E-state index contributed by atoms with van der Waals surface area (Å²) in [7, 11) is -2.03. The number of fused-ring (bicyclic) bond motifs is 1. The lowest BCUT2D eigenvalue weighted by atomic mass is 10.1. The number of amides is 1. The molecule has 1 aliphatic rings. The Kier molecular flexibility index (Phi) is 4.33. The number of pyridine rings is 1. The second kappa shape index (κ2) is 6.26. The summed E-state index contributed by atoms with van der Waals surface area (Å²) in [5.74, 6) is -0.00346. The summed E-state index contributed by atoms with van der Waals surface area (Å²) < 4.78 is 27.1. The monoisotopic (exact) mass is 337 g/mol. The zero-order chi connectivity index (χ0) is 16.4. The second-order valence-corrected chi connectivity index (χ2v) is 7.25. The number of hydrogen-bond donors (Lipinski definition) is 2. The van der Waals surface area contributed by atoms with Crippen LogP contribution in [0.1, 0.15) is 5.56 Å². The molecule has 2 N–H and O–H groups in total. The van der Waals surface area contributed by atoms with Gasteiger partial charge in [0.2, 0.25) is 5.91 Å². The molecular weight excluding hydrogens is 318 g/mol. The van der Waals surface area contributed by atoms with Gasteiger partial charge in [-0.05, 0) is 17.7 Å². The summed E-state index contributed by atoms with van der Waals surface area (Å²) in [6.07, 6.45) is 3.79. The molecule has 1 saturated heterocycles. The Morgan fingerprint density at radius 3 is 2.78 bits per heavy atom. The third-order valence-corrected chi connectivity index (χ3v) is 5.63. The van der Waals surface area contributed by atoms with Crippen LogP contribution in [-0.4, -0.2) is 66.7 Å². The minimum absolute atomic E-state index is 0.00346. The van der Waals surface area contributed by atoms with Gasteiger partial charge in [-0.25, -0.2) is 9.71 Å². The fourth-order valence-electron chi connectivity index (χ4n) is 2.74. The topological polar surface area (TPSA) is 98.4 Å². The molecular formula is C14H19N5O3S. The Morgan fingerprint density at radius 2 is 2.09 bits per heavy atom. The van der Waals surface area contributed by atoms with Gasteiger partial charge in [0.1, 0.15) is 5.65 Å². The molecule has 3 rings (SSSR count). The molecule has 0 radical (unpaired) electrons. The van der Waals surface area contributed by atoms with Crippen molar-refractivity contribution in [3.05, 3.63) is 30.1 Å². The molecule has 9 heteroatoms. The molecule has 0 unspecified atom stereocenters. The molecule has 0 bridgehead atoms. The van der Waals surface area contributed by atoms with E-state index in [1.54, 1.807) is 17.3 Å². The average Bonchev–Trinajstić information content (AvgIpc) is 2.98. The van der Waals surface area contributed by atoms with E-state index in [0.29, 0.717) is 26.2 Å². The Hall–Kier alpha value is -1.97. The molecule has 0 aromatic carbocycles. The summed E-state index contributed by atoms with van der Waals surface area (Å²) in [6.45, 7) is 1.43. The number of rotatable bonds is 4. The molecule has 0 saturated carbocycles. The first-order valence-corrected chi connectivity index (χ1v) is 8.82. The SMILES string of the molecule is CNS(=O)(=O)N1CCN(C(=O)Cc2c[nH]c3ncccc23)CC1. The molecule has 8 nitrogen and oxygen atoms in total. The fraction of sp³-hybridized carbons (Fsp3) is 0.429. The third kappa shape index (κ3) is 3.21. The van der Waals surface area contributed by atoms with Gasteiger partial charge in [-0.2, -0.15) is 12.7 Å². The molecule has 1 fully saturated rings. The van der Waals surface area contributed by atoms with E-state index in [2.05, 4.69) is 14.7 Å². The smallest absolute Gasteiger partial charge is 0.279 e. The fourth-order valence-corrected chi connectivity index (χ4v) is 3.64. The van der Waals surface area contributed by atoms with Crippen molar-refractivity contribution in [3.63, 3.8) is 0 Å². The number of carbonyl (C=O) groups is 1. The first-order chi connectivity index (χ1) is 11.0. The number of nitrogens with zero attached hydrogens (tertiary/aromatic N) is 3. The maximum atomic E-state index is 12.4. The van der Waals surface area contributed by atoms with Crippen LogP contribution in [0.15, 0.2) is 24.5 Å². The second-order valence-electron chi connectivity index (χ2n) is 5.38.